The van der Waals surface area contributed by atoms with E-state index in [-0.39, 0.29) is 0 Å². The van der Waals surface area contributed by atoms with Gasteiger partial charge in [0.25, 0.3) is 0 Å². The summed E-state index contributed by atoms with van der Waals surface area (Å²) in [6.45, 7) is 0. The summed E-state index contributed by atoms with van der Waals surface area (Å²) >= 11 is 0. The van der Waals surface area contributed by atoms with Crippen LogP contribution in [0.2, 0.25) is 0 Å². The number of hydrogen-bond acceptors (Lipinski definition) is 1. The van der Waals surface area contributed by atoms with Gasteiger partial charge in [0.05, 0.1) is 5.71 Å². The molecule has 14 heavy (non-hydrogen) atoms. The third-order valence-corrected chi connectivity index (χ3v) is 3.28. The molecular formula is C13H9N. The number of fused-ring (bicyclic) bond motifs is 4. The van der Waals surface area contributed by atoms with Crippen molar-refractivity contribution in [2.24, 2.45) is 4.99 Å². The van der Waals surface area contributed by atoms with Crippen LogP contribution in [0.1, 0.15) is 11.1 Å². The smallest absolute Gasteiger partial charge is 0.114 e. The Morgan fingerprint density at radius 2 is 2.07 bits per heavy atom. The lowest BCUT2D eigenvalue weighted by molar-refractivity contribution is 1.07. The van der Waals surface area contributed by atoms with E-state index < -0.39 is 0 Å². The Hall–Kier alpha value is -1.63. The van der Waals surface area contributed by atoms with Crippen molar-refractivity contribution in [2.75, 3.05) is 0 Å². The number of benzene rings is 1. The zero-order chi connectivity index (χ0) is 9.12. The van der Waals surface area contributed by atoms with E-state index in [4.69, 9.17) is 0 Å². The largest absolute Gasteiger partial charge is 0.273 e. The minimum atomic E-state index is 0.447. The molecule has 0 saturated carbocycles. The quantitative estimate of drug-likeness (QED) is 0.580. The van der Waals surface area contributed by atoms with E-state index in [1.54, 1.807) is 0 Å². The van der Waals surface area contributed by atoms with Crippen LogP contribution in [-0.4, -0.2) is 11.8 Å². The van der Waals surface area contributed by atoms with Crippen molar-refractivity contribution in [2.45, 2.75) is 12.5 Å². The lowest BCUT2D eigenvalue weighted by Crippen LogP contribution is -2.04. The van der Waals surface area contributed by atoms with Gasteiger partial charge in [-0.15, -0.1) is 0 Å². The van der Waals surface area contributed by atoms with E-state index in [1.807, 2.05) is 0 Å². The van der Waals surface area contributed by atoms with Crippen LogP contribution in [0.5, 0.6) is 0 Å². The average molecular weight is 179 g/mol. The first kappa shape index (κ1) is 6.77. The van der Waals surface area contributed by atoms with E-state index >= 15 is 0 Å². The highest BCUT2D eigenvalue weighted by atomic mass is 15.0. The average Bonchev–Trinajstić information content (AvgIpc) is 2.92. The summed E-state index contributed by atoms with van der Waals surface area (Å²) in [5.41, 5.74) is 7.10. The van der Waals surface area contributed by atoms with Gasteiger partial charge >= 0.3 is 0 Å². The summed E-state index contributed by atoms with van der Waals surface area (Å²) in [6, 6.07) is 9.13. The zero-order valence-electron chi connectivity index (χ0n) is 7.70. The molecule has 0 fully saturated rings. The number of rotatable bonds is 0. The Morgan fingerprint density at radius 3 is 3.07 bits per heavy atom. The van der Waals surface area contributed by atoms with Gasteiger partial charge in [-0.2, -0.15) is 0 Å². The zero-order valence-corrected chi connectivity index (χ0v) is 7.70. The molecule has 0 bridgehead atoms. The fourth-order valence-electron chi connectivity index (χ4n) is 2.52. The van der Waals surface area contributed by atoms with E-state index in [1.165, 1.54) is 28.0 Å². The Bertz CT molecular complexity index is 532. The fourth-order valence-corrected chi connectivity index (χ4v) is 2.52. The monoisotopic (exact) mass is 179 g/mol. The van der Waals surface area contributed by atoms with Gasteiger partial charge in [-0.3, -0.25) is 4.99 Å². The highest BCUT2D eigenvalue weighted by Crippen LogP contribution is 2.42. The first-order valence-corrected chi connectivity index (χ1v) is 5.00. The van der Waals surface area contributed by atoms with Gasteiger partial charge in [-0.05, 0) is 34.8 Å². The second-order valence-corrected chi connectivity index (χ2v) is 4.06. The van der Waals surface area contributed by atoms with Crippen molar-refractivity contribution in [1.82, 2.24) is 0 Å². The molecule has 1 heterocycles. The van der Waals surface area contributed by atoms with Crippen molar-refractivity contribution in [1.29, 1.82) is 0 Å². The molecule has 1 unspecified atom stereocenters. The molecule has 1 aromatic carbocycles. The summed E-state index contributed by atoms with van der Waals surface area (Å²) in [4.78, 5) is 4.45. The molecule has 2 aliphatic carbocycles. The first-order chi connectivity index (χ1) is 6.93. The Morgan fingerprint density at radius 1 is 1.14 bits per heavy atom. The van der Waals surface area contributed by atoms with Crippen molar-refractivity contribution in [3.63, 3.8) is 0 Å². The van der Waals surface area contributed by atoms with E-state index in [9.17, 15) is 0 Å². The maximum absolute atomic E-state index is 4.45. The van der Waals surface area contributed by atoms with Crippen LogP contribution in [0.3, 0.4) is 0 Å². The topological polar surface area (TPSA) is 12.4 Å². The first-order valence-electron chi connectivity index (χ1n) is 5.00. The molecule has 0 amide bonds. The van der Waals surface area contributed by atoms with Gasteiger partial charge < -0.3 is 0 Å². The Balaban J connectivity index is 1.95. The molecule has 0 spiro atoms. The van der Waals surface area contributed by atoms with Crippen LogP contribution in [0, 0.1) is 0 Å². The molecule has 1 aromatic rings. The molecule has 1 aliphatic heterocycles. The van der Waals surface area contributed by atoms with Crippen molar-refractivity contribution in [3.8, 4) is 0 Å². The second kappa shape index (κ2) is 2.06. The molecule has 3 aliphatic rings. The molecule has 4 rings (SSSR count). The molecule has 1 heteroatoms. The molecule has 0 aromatic heterocycles. The maximum atomic E-state index is 4.45. The number of aliphatic imine (C=N–C) groups is 1. The predicted molar refractivity (Wildman–Crippen MR) is 57.4 cm³/mol. The third kappa shape index (κ3) is 0.688. The Labute approximate surface area is 82.5 Å². The van der Waals surface area contributed by atoms with Crippen LogP contribution in [0.4, 0.5) is 0 Å². The summed E-state index contributed by atoms with van der Waals surface area (Å²) in [5.74, 6) is 0. The summed E-state index contributed by atoms with van der Waals surface area (Å²) < 4.78 is 0. The second-order valence-electron chi connectivity index (χ2n) is 4.06. The summed E-state index contributed by atoms with van der Waals surface area (Å²) in [6.07, 6.45) is 5.49. The van der Waals surface area contributed by atoms with Gasteiger partial charge in [-0.1, -0.05) is 30.3 Å². The molecular weight excluding hydrogens is 170 g/mol. The lowest BCUT2D eigenvalue weighted by Gasteiger charge is -2.05. The minimum absolute atomic E-state index is 0.447. The third-order valence-electron chi connectivity index (χ3n) is 3.28. The standard InChI is InChI=1S/C13H9N/c1-2-4-9-8(3-1)7-11-10(9)5-6-12-13(11)14-12/h1-6,13H,7H2. The number of nitrogens with zero attached hydrogens (tertiary/aromatic N) is 1. The molecule has 1 nitrogen and oxygen atoms in total. The van der Waals surface area contributed by atoms with Crippen LogP contribution in [-0.2, 0) is 6.42 Å². The molecule has 0 radical (unpaired) electrons. The van der Waals surface area contributed by atoms with Crippen LogP contribution in [0.25, 0.3) is 5.57 Å². The van der Waals surface area contributed by atoms with Crippen LogP contribution >= 0.6 is 0 Å². The summed E-state index contributed by atoms with van der Waals surface area (Å²) in [7, 11) is 0. The van der Waals surface area contributed by atoms with Gasteiger partial charge in [-0.25, -0.2) is 0 Å². The maximum Gasteiger partial charge on any atom is 0.114 e. The van der Waals surface area contributed by atoms with Crippen molar-refractivity contribution < 1.29 is 0 Å². The Kier molecular flexibility index (Phi) is 0.995. The van der Waals surface area contributed by atoms with Gasteiger partial charge in [0.2, 0.25) is 0 Å². The van der Waals surface area contributed by atoms with Crippen LogP contribution in [0.15, 0.2) is 47.0 Å². The SMILES string of the molecule is C1=CC2=C(Cc3ccccc32)C2N=C12. The van der Waals surface area contributed by atoms with Crippen molar-refractivity contribution in [3.05, 3.63) is 53.1 Å². The highest BCUT2D eigenvalue weighted by molar-refractivity contribution is 6.16. The number of hydrogen-bond donors (Lipinski definition) is 0. The van der Waals surface area contributed by atoms with E-state index in [0.717, 1.165) is 6.42 Å². The molecule has 0 N–H and O–H groups in total. The molecule has 66 valence electrons. The van der Waals surface area contributed by atoms with Gasteiger partial charge in [0.1, 0.15) is 6.04 Å². The predicted octanol–water partition coefficient (Wildman–Crippen LogP) is 2.39. The van der Waals surface area contributed by atoms with Gasteiger partial charge in [0.15, 0.2) is 0 Å². The van der Waals surface area contributed by atoms with Crippen LogP contribution < -0.4 is 0 Å². The fraction of sp³-hybridized carbons (Fsp3) is 0.154. The minimum Gasteiger partial charge on any atom is -0.273 e. The number of allylic oxidation sites excluding steroid dienone is 2. The lowest BCUT2D eigenvalue weighted by atomic mass is 9.97. The van der Waals surface area contributed by atoms with E-state index in [0.29, 0.717) is 6.04 Å². The summed E-state index contributed by atoms with van der Waals surface area (Å²) in [5, 5.41) is 0. The molecule has 0 saturated heterocycles. The van der Waals surface area contributed by atoms with Crippen molar-refractivity contribution >= 4 is 11.3 Å². The normalized spacial score (nSPS) is 25.4. The van der Waals surface area contributed by atoms with E-state index in [2.05, 4.69) is 41.4 Å². The molecule has 1 atom stereocenters. The highest BCUT2D eigenvalue weighted by Gasteiger charge is 2.37. The van der Waals surface area contributed by atoms with Gasteiger partial charge in [0, 0.05) is 0 Å².